The van der Waals surface area contributed by atoms with Gasteiger partial charge in [0, 0.05) is 34.2 Å². The van der Waals surface area contributed by atoms with Crippen LogP contribution < -0.4 is 5.32 Å². The van der Waals surface area contributed by atoms with Crippen LogP contribution in [0.3, 0.4) is 0 Å². The maximum atomic E-state index is 11.9. The number of esters is 4. The van der Waals surface area contributed by atoms with Crippen LogP contribution >= 0.6 is 0 Å². The molecule has 0 spiro atoms. The Morgan fingerprint density at radius 1 is 0.818 bits per heavy atom. The summed E-state index contributed by atoms with van der Waals surface area (Å²) in [4.78, 5) is 68.8. The maximum absolute atomic E-state index is 11.9. The molecule has 1 aliphatic heterocycles. The molecule has 1 aliphatic rings. The predicted octanol–water partition coefficient (Wildman–Crippen LogP) is -1.32. The molecule has 2 N–H and O–H groups in total. The number of carboxylic acid groups (broad SMARTS) is 1. The number of carboxylic acids is 1. The van der Waals surface area contributed by atoms with E-state index in [0.717, 1.165) is 27.7 Å². The summed E-state index contributed by atoms with van der Waals surface area (Å²) in [6.07, 6.45) is -7.27. The predicted molar refractivity (Wildman–Crippen MR) is 103 cm³/mol. The molecule has 1 rings (SSSR count). The SMILES string of the molecule is CC(=O)OC[C@H]1O[C@@H](OCC(=O)NCCC(=O)O)[C@H](OC(C)=O)[C@@H](OC(C)=O)[C@H]1OC(C)=O. The van der Waals surface area contributed by atoms with Crippen LogP contribution in [0.2, 0.25) is 0 Å². The van der Waals surface area contributed by atoms with E-state index in [9.17, 15) is 28.8 Å². The molecule has 5 atom stereocenters. The molecular weight excluding hydrogens is 450 g/mol. The van der Waals surface area contributed by atoms with Gasteiger partial charge in [0.05, 0.1) is 6.42 Å². The van der Waals surface area contributed by atoms with E-state index in [1.165, 1.54) is 0 Å². The number of carbonyl (C=O) groups excluding carboxylic acids is 5. The van der Waals surface area contributed by atoms with Crippen molar-refractivity contribution in [2.75, 3.05) is 19.8 Å². The molecule has 1 saturated heterocycles. The highest BCUT2D eigenvalue weighted by Gasteiger charge is 2.52. The summed E-state index contributed by atoms with van der Waals surface area (Å²) >= 11 is 0. The number of hydrogen-bond donors (Lipinski definition) is 2. The molecule has 33 heavy (non-hydrogen) atoms. The Balaban J connectivity index is 3.13. The molecule has 1 fully saturated rings. The highest BCUT2D eigenvalue weighted by atomic mass is 16.7. The molecule has 0 aromatic rings. The van der Waals surface area contributed by atoms with Gasteiger partial charge in [-0.1, -0.05) is 0 Å². The molecule has 14 nitrogen and oxygen atoms in total. The van der Waals surface area contributed by atoms with E-state index in [4.69, 9.17) is 33.5 Å². The van der Waals surface area contributed by atoms with Crippen LogP contribution in [0, 0.1) is 0 Å². The summed E-state index contributed by atoms with van der Waals surface area (Å²) in [5, 5.41) is 10.9. The van der Waals surface area contributed by atoms with E-state index in [1.807, 2.05) is 0 Å². The molecule has 186 valence electrons. The van der Waals surface area contributed by atoms with E-state index >= 15 is 0 Å². The first-order chi connectivity index (χ1) is 15.4. The molecular formula is C19H27NO13. The topological polar surface area (TPSA) is 190 Å². The molecule has 0 radical (unpaired) electrons. The average Bonchev–Trinajstić information content (AvgIpc) is 2.67. The van der Waals surface area contributed by atoms with Gasteiger partial charge in [0.1, 0.15) is 19.3 Å². The zero-order chi connectivity index (χ0) is 25.1. The number of hydrogen-bond acceptors (Lipinski definition) is 12. The fourth-order valence-corrected chi connectivity index (χ4v) is 2.84. The summed E-state index contributed by atoms with van der Waals surface area (Å²) < 4.78 is 31.5. The Morgan fingerprint density at radius 2 is 1.36 bits per heavy atom. The Labute approximate surface area is 188 Å². The van der Waals surface area contributed by atoms with Gasteiger partial charge in [0.15, 0.2) is 24.6 Å². The van der Waals surface area contributed by atoms with Crippen molar-refractivity contribution in [3.05, 3.63) is 0 Å². The minimum absolute atomic E-state index is 0.157. The van der Waals surface area contributed by atoms with Gasteiger partial charge in [-0.3, -0.25) is 28.8 Å². The first-order valence-corrected chi connectivity index (χ1v) is 9.81. The van der Waals surface area contributed by atoms with Gasteiger partial charge in [-0.05, 0) is 0 Å². The van der Waals surface area contributed by atoms with Gasteiger partial charge in [-0.2, -0.15) is 0 Å². The number of carbonyl (C=O) groups is 6. The minimum atomic E-state index is -1.50. The first kappa shape index (κ1) is 27.8. The number of nitrogens with one attached hydrogen (secondary N) is 1. The lowest BCUT2D eigenvalue weighted by atomic mass is 9.98. The molecule has 0 aromatic heterocycles. The van der Waals surface area contributed by atoms with Gasteiger partial charge >= 0.3 is 29.8 Å². The Kier molecular flexibility index (Phi) is 11.2. The van der Waals surface area contributed by atoms with Crippen LogP contribution in [-0.2, 0) is 57.2 Å². The molecule has 1 heterocycles. The van der Waals surface area contributed by atoms with E-state index in [-0.39, 0.29) is 13.0 Å². The summed E-state index contributed by atoms with van der Waals surface area (Å²) in [6.45, 7) is 3.10. The van der Waals surface area contributed by atoms with Crippen molar-refractivity contribution in [2.24, 2.45) is 0 Å². The van der Waals surface area contributed by atoms with Gasteiger partial charge in [-0.25, -0.2) is 0 Å². The second kappa shape index (κ2) is 13.3. The Bertz CT molecular complexity index is 752. The first-order valence-electron chi connectivity index (χ1n) is 9.81. The Hall–Kier alpha value is -3.26. The lowest BCUT2D eigenvalue weighted by Gasteiger charge is -2.43. The summed E-state index contributed by atoms with van der Waals surface area (Å²) in [5.74, 6) is -4.92. The quantitative estimate of drug-likeness (QED) is 0.263. The van der Waals surface area contributed by atoms with Crippen molar-refractivity contribution in [2.45, 2.75) is 64.8 Å². The number of aliphatic carboxylic acids is 1. The van der Waals surface area contributed by atoms with Gasteiger partial charge in [0.25, 0.3) is 0 Å². The zero-order valence-corrected chi connectivity index (χ0v) is 18.6. The van der Waals surface area contributed by atoms with Gasteiger partial charge < -0.3 is 38.8 Å². The van der Waals surface area contributed by atoms with Gasteiger partial charge in [-0.15, -0.1) is 0 Å². The van der Waals surface area contributed by atoms with E-state index in [2.05, 4.69) is 5.32 Å². The third-order valence-electron chi connectivity index (χ3n) is 3.99. The molecule has 0 aromatic carbocycles. The summed E-state index contributed by atoms with van der Waals surface area (Å²) in [6, 6.07) is 0. The monoisotopic (exact) mass is 477 g/mol. The minimum Gasteiger partial charge on any atom is -0.481 e. The third kappa shape index (κ3) is 10.3. The van der Waals surface area contributed by atoms with E-state index < -0.39 is 79.7 Å². The van der Waals surface area contributed by atoms with Crippen molar-refractivity contribution in [3.8, 4) is 0 Å². The third-order valence-corrected chi connectivity index (χ3v) is 3.99. The standard InChI is InChI=1S/C19H27NO13/c1-9(21)28-7-13-16(30-10(2)22)17(31-11(3)23)18(32-12(4)24)19(33-13)29-8-14(25)20-6-5-15(26)27/h13,16-19H,5-8H2,1-4H3,(H,20,25)(H,26,27)/t13-,16+,17+,18-,19-/m1/s1. The van der Waals surface area contributed by atoms with Gasteiger partial charge in [0.2, 0.25) is 5.91 Å². The van der Waals surface area contributed by atoms with Crippen LogP contribution in [0.15, 0.2) is 0 Å². The average molecular weight is 477 g/mol. The number of ether oxygens (including phenoxy) is 6. The van der Waals surface area contributed by atoms with Crippen LogP contribution in [-0.4, -0.2) is 91.3 Å². The normalized spacial score (nSPS) is 24.2. The summed E-state index contributed by atoms with van der Waals surface area (Å²) in [7, 11) is 0. The fraction of sp³-hybridized carbons (Fsp3) is 0.684. The van der Waals surface area contributed by atoms with Crippen LogP contribution in [0.1, 0.15) is 34.1 Å². The van der Waals surface area contributed by atoms with Crippen molar-refractivity contribution in [3.63, 3.8) is 0 Å². The maximum Gasteiger partial charge on any atom is 0.305 e. The summed E-state index contributed by atoms with van der Waals surface area (Å²) in [5.41, 5.74) is 0. The lowest BCUT2D eigenvalue weighted by molar-refractivity contribution is -0.306. The van der Waals surface area contributed by atoms with E-state index in [0.29, 0.717) is 0 Å². The van der Waals surface area contributed by atoms with Crippen molar-refractivity contribution in [1.29, 1.82) is 0 Å². The number of amides is 1. The van der Waals surface area contributed by atoms with Crippen molar-refractivity contribution >= 4 is 35.8 Å². The zero-order valence-electron chi connectivity index (χ0n) is 18.6. The molecule has 0 aliphatic carbocycles. The smallest absolute Gasteiger partial charge is 0.305 e. The van der Waals surface area contributed by atoms with Crippen LogP contribution in [0.4, 0.5) is 0 Å². The molecule has 0 bridgehead atoms. The lowest BCUT2D eigenvalue weighted by Crippen LogP contribution is -2.63. The van der Waals surface area contributed by atoms with Crippen molar-refractivity contribution in [1.82, 2.24) is 5.32 Å². The second-order valence-electron chi connectivity index (χ2n) is 6.87. The molecule has 1 amide bonds. The molecule has 0 unspecified atom stereocenters. The molecule has 0 saturated carbocycles. The van der Waals surface area contributed by atoms with Crippen LogP contribution in [0.5, 0.6) is 0 Å². The molecule has 14 heteroatoms. The highest BCUT2D eigenvalue weighted by Crippen LogP contribution is 2.29. The largest absolute Gasteiger partial charge is 0.481 e. The fourth-order valence-electron chi connectivity index (χ4n) is 2.84. The number of rotatable bonds is 11. The van der Waals surface area contributed by atoms with Crippen LogP contribution in [0.25, 0.3) is 0 Å². The highest BCUT2D eigenvalue weighted by molar-refractivity contribution is 5.78. The van der Waals surface area contributed by atoms with E-state index in [1.54, 1.807) is 0 Å². The Morgan fingerprint density at radius 3 is 1.88 bits per heavy atom. The second-order valence-corrected chi connectivity index (χ2v) is 6.87. The van der Waals surface area contributed by atoms with Crippen molar-refractivity contribution < 1.29 is 62.3 Å².